The van der Waals surface area contributed by atoms with Gasteiger partial charge in [-0.15, -0.1) is 0 Å². The van der Waals surface area contributed by atoms with E-state index in [1.54, 1.807) is 0 Å². The van der Waals surface area contributed by atoms with Crippen molar-refractivity contribution in [1.82, 2.24) is 9.88 Å². The van der Waals surface area contributed by atoms with Crippen LogP contribution < -0.4 is 0 Å². The van der Waals surface area contributed by atoms with E-state index in [4.69, 9.17) is 16.7 Å². The molecule has 1 fully saturated rings. The van der Waals surface area contributed by atoms with E-state index in [1.165, 1.54) is 18.3 Å². The van der Waals surface area contributed by atoms with E-state index in [9.17, 15) is 14.7 Å². The van der Waals surface area contributed by atoms with Gasteiger partial charge in [-0.3, -0.25) is 9.78 Å². The maximum atomic E-state index is 12.1. The van der Waals surface area contributed by atoms with Gasteiger partial charge in [0.2, 0.25) is 0 Å². The topological polar surface area (TPSA) is 90.7 Å². The van der Waals surface area contributed by atoms with E-state index in [-0.39, 0.29) is 18.7 Å². The molecule has 1 aliphatic rings. The molecule has 1 aromatic heterocycles. The summed E-state index contributed by atoms with van der Waals surface area (Å²) in [5.74, 6) is -1.68. The van der Waals surface area contributed by atoms with Crippen molar-refractivity contribution in [3.63, 3.8) is 0 Å². The third-order valence-corrected chi connectivity index (χ3v) is 3.00. The summed E-state index contributed by atoms with van der Waals surface area (Å²) < 4.78 is 0. The van der Waals surface area contributed by atoms with Crippen molar-refractivity contribution in [2.45, 2.75) is 18.6 Å². The fraction of sp³-hybridized carbons (Fsp3) is 0.364. The Kier molecular flexibility index (Phi) is 3.49. The van der Waals surface area contributed by atoms with Gasteiger partial charge in [0.15, 0.2) is 0 Å². The highest BCUT2D eigenvalue weighted by Crippen LogP contribution is 2.21. The molecule has 2 rings (SSSR count). The monoisotopic (exact) mass is 270 g/mol. The summed E-state index contributed by atoms with van der Waals surface area (Å²) >= 11 is 5.75. The number of aromatic nitrogens is 1. The molecule has 0 bridgehead atoms. The largest absolute Gasteiger partial charge is 0.480 e. The van der Waals surface area contributed by atoms with Crippen molar-refractivity contribution >= 4 is 23.5 Å². The van der Waals surface area contributed by atoms with Crippen LogP contribution in [0.3, 0.4) is 0 Å². The Hall–Kier alpha value is -1.66. The number of halogens is 1. The number of aliphatic hydroxyl groups is 1. The summed E-state index contributed by atoms with van der Waals surface area (Å²) in [6, 6.07) is 1.87. The van der Waals surface area contributed by atoms with E-state index in [2.05, 4.69) is 4.98 Å². The van der Waals surface area contributed by atoms with Gasteiger partial charge in [0, 0.05) is 24.2 Å². The van der Waals surface area contributed by atoms with E-state index in [1.807, 2.05) is 0 Å². The molecular weight excluding hydrogens is 260 g/mol. The Morgan fingerprint density at radius 1 is 1.50 bits per heavy atom. The number of rotatable bonds is 2. The van der Waals surface area contributed by atoms with Gasteiger partial charge >= 0.3 is 5.97 Å². The molecular formula is C11H11ClN2O4. The molecule has 0 aromatic carbocycles. The van der Waals surface area contributed by atoms with Gasteiger partial charge in [-0.25, -0.2) is 4.79 Å². The SMILES string of the molecule is O=C(O)[C@@H]1CC(O)CN1C(=O)c1cc(Cl)ccn1. The highest BCUT2D eigenvalue weighted by molar-refractivity contribution is 6.30. The second kappa shape index (κ2) is 4.91. The normalized spacial score (nSPS) is 23.1. The van der Waals surface area contributed by atoms with Crippen molar-refractivity contribution in [2.24, 2.45) is 0 Å². The zero-order valence-corrected chi connectivity index (χ0v) is 10.0. The molecule has 1 aromatic rings. The van der Waals surface area contributed by atoms with E-state index < -0.39 is 24.0 Å². The zero-order chi connectivity index (χ0) is 13.3. The van der Waals surface area contributed by atoms with Crippen LogP contribution in [-0.4, -0.2) is 50.7 Å². The number of aliphatic hydroxyl groups excluding tert-OH is 1. The number of carboxylic acid groups (broad SMARTS) is 1. The van der Waals surface area contributed by atoms with Crippen LogP contribution in [0.2, 0.25) is 5.02 Å². The minimum absolute atomic E-state index is 0.00993. The summed E-state index contributed by atoms with van der Waals surface area (Å²) in [5.41, 5.74) is 0.0721. The van der Waals surface area contributed by atoms with Gasteiger partial charge < -0.3 is 15.1 Å². The molecule has 2 atom stereocenters. The van der Waals surface area contributed by atoms with Gasteiger partial charge in [-0.05, 0) is 12.1 Å². The molecule has 18 heavy (non-hydrogen) atoms. The average molecular weight is 271 g/mol. The molecule has 1 saturated heterocycles. The molecule has 7 heteroatoms. The molecule has 1 amide bonds. The van der Waals surface area contributed by atoms with E-state index in [0.717, 1.165) is 4.90 Å². The Morgan fingerprint density at radius 3 is 2.83 bits per heavy atom. The first kappa shape index (κ1) is 12.8. The molecule has 0 saturated carbocycles. The molecule has 1 aliphatic heterocycles. The molecule has 2 heterocycles. The zero-order valence-electron chi connectivity index (χ0n) is 9.28. The maximum Gasteiger partial charge on any atom is 0.326 e. The lowest BCUT2D eigenvalue weighted by atomic mass is 10.2. The molecule has 2 N–H and O–H groups in total. The lowest BCUT2D eigenvalue weighted by Crippen LogP contribution is -2.40. The maximum absolute atomic E-state index is 12.1. The number of carbonyl (C=O) groups excluding carboxylic acids is 1. The minimum Gasteiger partial charge on any atom is -0.480 e. The minimum atomic E-state index is -1.14. The highest BCUT2D eigenvalue weighted by Gasteiger charge is 2.39. The van der Waals surface area contributed by atoms with Crippen molar-refractivity contribution in [1.29, 1.82) is 0 Å². The second-order valence-electron chi connectivity index (χ2n) is 4.06. The first-order valence-corrected chi connectivity index (χ1v) is 5.70. The Labute approximate surface area is 108 Å². The number of hydrogen-bond donors (Lipinski definition) is 2. The average Bonchev–Trinajstić information content (AvgIpc) is 2.70. The Balaban J connectivity index is 2.25. The van der Waals surface area contributed by atoms with Gasteiger partial charge in [0.1, 0.15) is 11.7 Å². The van der Waals surface area contributed by atoms with Crippen LogP contribution in [-0.2, 0) is 4.79 Å². The molecule has 0 spiro atoms. The van der Waals surface area contributed by atoms with Crippen LogP contribution >= 0.6 is 11.6 Å². The summed E-state index contributed by atoms with van der Waals surface area (Å²) in [5, 5.41) is 18.8. The quantitative estimate of drug-likeness (QED) is 0.811. The van der Waals surface area contributed by atoms with Crippen molar-refractivity contribution in [2.75, 3.05) is 6.54 Å². The predicted octanol–water partition coefficient (Wildman–Crippen LogP) is 0.395. The highest BCUT2D eigenvalue weighted by atomic mass is 35.5. The predicted molar refractivity (Wildman–Crippen MR) is 62.3 cm³/mol. The molecule has 1 unspecified atom stereocenters. The van der Waals surface area contributed by atoms with Crippen molar-refractivity contribution in [3.8, 4) is 0 Å². The molecule has 0 aliphatic carbocycles. The van der Waals surface area contributed by atoms with Crippen molar-refractivity contribution in [3.05, 3.63) is 29.0 Å². The molecule has 96 valence electrons. The Bertz CT molecular complexity index is 494. The lowest BCUT2D eigenvalue weighted by molar-refractivity contribution is -0.141. The number of amides is 1. The molecule has 0 radical (unpaired) electrons. The number of carboxylic acids is 1. The number of likely N-dealkylation sites (tertiary alicyclic amines) is 1. The first-order valence-electron chi connectivity index (χ1n) is 5.32. The van der Waals surface area contributed by atoms with Gasteiger partial charge in [0.25, 0.3) is 5.91 Å². The standard InChI is InChI=1S/C11H11ClN2O4/c12-6-1-2-13-8(3-6)10(16)14-5-7(15)4-9(14)11(17)18/h1-3,7,9,15H,4-5H2,(H,17,18)/t7?,9-/m0/s1. The van der Waals surface area contributed by atoms with Crippen LogP contribution in [0.25, 0.3) is 0 Å². The summed E-state index contributed by atoms with van der Waals surface area (Å²) in [6.07, 6.45) is 0.577. The summed E-state index contributed by atoms with van der Waals surface area (Å²) in [6.45, 7) is -0.00993. The van der Waals surface area contributed by atoms with Gasteiger partial charge in [-0.1, -0.05) is 11.6 Å². The van der Waals surface area contributed by atoms with E-state index in [0.29, 0.717) is 5.02 Å². The van der Waals surface area contributed by atoms with Crippen LogP contribution in [0.5, 0.6) is 0 Å². The van der Waals surface area contributed by atoms with Crippen LogP contribution in [0.15, 0.2) is 18.3 Å². The van der Waals surface area contributed by atoms with Crippen LogP contribution in [0.4, 0.5) is 0 Å². The van der Waals surface area contributed by atoms with Gasteiger partial charge in [0.05, 0.1) is 6.10 Å². The van der Waals surface area contributed by atoms with Crippen LogP contribution in [0, 0.1) is 0 Å². The smallest absolute Gasteiger partial charge is 0.326 e. The third kappa shape index (κ3) is 2.44. The van der Waals surface area contributed by atoms with E-state index >= 15 is 0 Å². The summed E-state index contributed by atoms with van der Waals surface area (Å²) in [7, 11) is 0. The second-order valence-corrected chi connectivity index (χ2v) is 4.50. The number of β-amino-alcohol motifs (C(OH)–C–C–N with tert-alkyl or cyclic N) is 1. The lowest BCUT2D eigenvalue weighted by Gasteiger charge is -2.20. The Morgan fingerprint density at radius 2 is 2.22 bits per heavy atom. The molecule has 6 nitrogen and oxygen atoms in total. The number of aliphatic carboxylic acids is 1. The third-order valence-electron chi connectivity index (χ3n) is 2.77. The first-order chi connectivity index (χ1) is 8.49. The summed E-state index contributed by atoms with van der Waals surface area (Å²) in [4.78, 5) is 28.1. The fourth-order valence-corrected chi connectivity index (χ4v) is 2.10. The fourth-order valence-electron chi connectivity index (χ4n) is 1.94. The number of hydrogen-bond acceptors (Lipinski definition) is 4. The number of carbonyl (C=O) groups is 2. The van der Waals surface area contributed by atoms with Crippen molar-refractivity contribution < 1.29 is 19.8 Å². The number of pyridine rings is 1. The van der Waals surface area contributed by atoms with Gasteiger partial charge in [-0.2, -0.15) is 0 Å². The van der Waals surface area contributed by atoms with Crippen LogP contribution in [0.1, 0.15) is 16.9 Å². The number of nitrogens with zero attached hydrogens (tertiary/aromatic N) is 2.